The summed E-state index contributed by atoms with van der Waals surface area (Å²) in [7, 11) is 1.70. The first kappa shape index (κ1) is 14.4. The average Bonchev–Trinajstić information content (AvgIpc) is 2.46. The number of ether oxygens (including phenoxy) is 1. The van der Waals surface area contributed by atoms with E-state index in [1.165, 1.54) is 31.2 Å². The Morgan fingerprint density at radius 3 is 2.00 bits per heavy atom. The molecule has 0 heterocycles. The van der Waals surface area contributed by atoms with Gasteiger partial charge in [0.25, 0.3) is 0 Å². The minimum atomic E-state index is 0.180. The monoisotopic (exact) mass is 261 g/mol. The van der Waals surface area contributed by atoms with Crippen LogP contribution in [0.1, 0.15) is 51.1 Å². The minimum absolute atomic E-state index is 0.180. The molecule has 0 bridgehead atoms. The minimum Gasteiger partial charge on any atom is -0.497 e. The Labute approximate surface area is 117 Å². The quantitative estimate of drug-likeness (QED) is 0.883. The van der Waals surface area contributed by atoms with E-state index in [1.807, 2.05) is 12.1 Å². The van der Waals surface area contributed by atoms with E-state index >= 15 is 0 Å². The van der Waals surface area contributed by atoms with E-state index in [-0.39, 0.29) is 6.04 Å². The smallest absolute Gasteiger partial charge is 0.118 e. The number of hydrogen-bond donors (Lipinski definition) is 1. The number of nitrogens with two attached hydrogens (primary N) is 1. The van der Waals surface area contributed by atoms with Crippen LogP contribution in [0.15, 0.2) is 24.3 Å². The van der Waals surface area contributed by atoms with Crippen molar-refractivity contribution in [3.8, 4) is 5.75 Å². The summed E-state index contributed by atoms with van der Waals surface area (Å²) in [6.07, 6.45) is 5.23. The van der Waals surface area contributed by atoms with Gasteiger partial charge in [0.2, 0.25) is 0 Å². The third-order valence-electron chi connectivity index (χ3n) is 4.77. The fourth-order valence-electron chi connectivity index (χ4n) is 3.27. The molecular formula is C17H27NO. The second-order valence-corrected chi connectivity index (χ2v) is 6.22. The van der Waals surface area contributed by atoms with Gasteiger partial charge in [-0.25, -0.2) is 0 Å². The highest BCUT2D eigenvalue weighted by atomic mass is 16.5. The predicted molar refractivity (Wildman–Crippen MR) is 80.2 cm³/mol. The van der Waals surface area contributed by atoms with E-state index < -0.39 is 0 Å². The summed E-state index contributed by atoms with van der Waals surface area (Å²) in [4.78, 5) is 0. The molecular weight excluding hydrogens is 234 g/mol. The van der Waals surface area contributed by atoms with Crippen LogP contribution in [0.5, 0.6) is 5.75 Å². The lowest BCUT2D eigenvalue weighted by atomic mass is 9.73. The van der Waals surface area contributed by atoms with Crippen molar-refractivity contribution in [3.05, 3.63) is 29.8 Å². The van der Waals surface area contributed by atoms with Gasteiger partial charge in [-0.15, -0.1) is 0 Å². The first-order valence-corrected chi connectivity index (χ1v) is 7.51. The van der Waals surface area contributed by atoms with Gasteiger partial charge in [-0.05, 0) is 61.1 Å². The summed E-state index contributed by atoms with van der Waals surface area (Å²) in [5, 5.41) is 0. The number of benzene rings is 1. The maximum absolute atomic E-state index is 6.44. The Kier molecular flexibility index (Phi) is 4.87. The maximum Gasteiger partial charge on any atom is 0.118 e. The number of hydrogen-bond acceptors (Lipinski definition) is 2. The molecule has 2 N–H and O–H groups in total. The summed E-state index contributed by atoms with van der Waals surface area (Å²) in [5.41, 5.74) is 7.69. The van der Waals surface area contributed by atoms with Crippen molar-refractivity contribution in [1.29, 1.82) is 0 Å². The van der Waals surface area contributed by atoms with E-state index in [9.17, 15) is 0 Å². The average molecular weight is 261 g/mol. The van der Waals surface area contributed by atoms with E-state index in [1.54, 1.807) is 7.11 Å². The van der Waals surface area contributed by atoms with Crippen LogP contribution in [0, 0.1) is 17.8 Å². The Morgan fingerprint density at radius 1 is 1.00 bits per heavy atom. The molecule has 1 aromatic carbocycles. The van der Waals surface area contributed by atoms with Gasteiger partial charge in [0, 0.05) is 6.04 Å². The molecule has 106 valence electrons. The van der Waals surface area contributed by atoms with Crippen LogP contribution < -0.4 is 10.5 Å². The van der Waals surface area contributed by atoms with Crippen LogP contribution in [0.3, 0.4) is 0 Å². The van der Waals surface area contributed by atoms with E-state index in [0.29, 0.717) is 5.92 Å². The summed E-state index contributed by atoms with van der Waals surface area (Å²) >= 11 is 0. The van der Waals surface area contributed by atoms with Gasteiger partial charge < -0.3 is 10.5 Å². The lowest BCUT2D eigenvalue weighted by Gasteiger charge is -2.34. The normalized spacial score (nSPS) is 25.3. The summed E-state index contributed by atoms with van der Waals surface area (Å²) in [6.45, 7) is 4.68. The van der Waals surface area contributed by atoms with Crippen molar-refractivity contribution in [2.45, 2.75) is 45.6 Å². The SMILES string of the molecule is COc1ccc(C(N)C2CCC(C(C)C)CC2)cc1. The lowest BCUT2D eigenvalue weighted by molar-refractivity contribution is 0.203. The Bertz CT molecular complexity index is 377. The molecule has 0 amide bonds. The third-order valence-corrected chi connectivity index (χ3v) is 4.77. The van der Waals surface area contributed by atoms with Crippen LogP contribution in [-0.4, -0.2) is 7.11 Å². The molecule has 0 spiro atoms. The van der Waals surface area contributed by atoms with Crippen molar-refractivity contribution in [2.24, 2.45) is 23.5 Å². The molecule has 0 saturated heterocycles. The van der Waals surface area contributed by atoms with Crippen molar-refractivity contribution in [3.63, 3.8) is 0 Å². The molecule has 2 heteroatoms. The molecule has 2 nitrogen and oxygen atoms in total. The molecule has 1 saturated carbocycles. The maximum atomic E-state index is 6.44. The largest absolute Gasteiger partial charge is 0.497 e. The van der Waals surface area contributed by atoms with Crippen molar-refractivity contribution >= 4 is 0 Å². The molecule has 1 aliphatic carbocycles. The highest BCUT2D eigenvalue weighted by molar-refractivity contribution is 5.29. The van der Waals surface area contributed by atoms with Gasteiger partial charge in [-0.3, -0.25) is 0 Å². The Hall–Kier alpha value is -1.02. The van der Waals surface area contributed by atoms with Gasteiger partial charge >= 0.3 is 0 Å². The van der Waals surface area contributed by atoms with Crippen molar-refractivity contribution < 1.29 is 4.74 Å². The van der Waals surface area contributed by atoms with Crippen LogP contribution in [-0.2, 0) is 0 Å². The van der Waals surface area contributed by atoms with E-state index in [4.69, 9.17) is 10.5 Å². The lowest BCUT2D eigenvalue weighted by Crippen LogP contribution is -2.27. The number of rotatable bonds is 4. The molecule has 0 aliphatic heterocycles. The summed E-state index contributed by atoms with van der Waals surface area (Å²) in [5.74, 6) is 3.26. The Morgan fingerprint density at radius 2 is 1.53 bits per heavy atom. The highest BCUT2D eigenvalue weighted by Gasteiger charge is 2.27. The van der Waals surface area contributed by atoms with Crippen LogP contribution in [0.2, 0.25) is 0 Å². The summed E-state index contributed by atoms with van der Waals surface area (Å²) < 4.78 is 5.19. The second-order valence-electron chi connectivity index (χ2n) is 6.22. The molecule has 1 atom stereocenters. The van der Waals surface area contributed by atoms with E-state index in [2.05, 4.69) is 26.0 Å². The molecule has 0 radical (unpaired) electrons. The molecule has 2 rings (SSSR count). The van der Waals surface area contributed by atoms with E-state index in [0.717, 1.165) is 17.6 Å². The first-order valence-electron chi connectivity index (χ1n) is 7.51. The fraction of sp³-hybridized carbons (Fsp3) is 0.647. The first-order chi connectivity index (χ1) is 9.11. The van der Waals surface area contributed by atoms with Crippen molar-refractivity contribution in [1.82, 2.24) is 0 Å². The van der Waals surface area contributed by atoms with Gasteiger partial charge in [-0.2, -0.15) is 0 Å². The molecule has 1 unspecified atom stereocenters. The fourth-order valence-corrected chi connectivity index (χ4v) is 3.27. The molecule has 1 fully saturated rings. The van der Waals surface area contributed by atoms with Gasteiger partial charge in [0.05, 0.1) is 7.11 Å². The van der Waals surface area contributed by atoms with Crippen molar-refractivity contribution in [2.75, 3.05) is 7.11 Å². The zero-order chi connectivity index (χ0) is 13.8. The molecule has 19 heavy (non-hydrogen) atoms. The zero-order valence-corrected chi connectivity index (χ0v) is 12.4. The van der Waals surface area contributed by atoms with Gasteiger partial charge in [-0.1, -0.05) is 26.0 Å². The van der Waals surface area contributed by atoms with Crippen LogP contribution >= 0.6 is 0 Å². The summed E-state index contributed by atoms with van der Waals surface area (Å²) in [6, 6.07) is 8.42. The predicted octanol–water partition coefficient (Wildman–Crippen LogP) is 4.16. The van der Waals surface area contributed by atoms with Crippen LogP contribution in [0.25, 0.3) is 0 Å². The number of methoxy groups -OCH3 is 1. The van der Waals surface area contributed by atoms with Gasteiger partial charge in [0.1, 0.15) is 5.75 Å². The van der Waals surface area contributed by atoms with Crippen LogP contribution in [0.4, 0.5) is 0 Å². The zero-order valence-electron chi connectivity index (χ0n) is 12.4. The molecule has 1 aliphatic rings. The third kappa shape index (κ3) is 3.50. The Balaban J connectivity index is 1.94. The molecule has 0 aromatic heterocycles. The standard InChI is InChI=1S/C17H27NO/c1-12(2)13-4-6-14(7-5-13)17(18)15-8-10-16(19-3)11-9-15/h8-14,17H,4-7,18H2,1-3H3. The van der Waals surface area contributed by atoms with Gasteiger partial charge in [0.15, 0.2) is 0 Å². The molecule has 1 aromatic rings. The highest BCUT2D eigenvalue weighted by Crippen LogP contribution is 2.38. The topological polar surface area (TPSA) is 35.2 Å². The second kappa shape index (κ2) is 6.42.